The van der Waals surface area contributed by atoms with Crippen LogP contribution in [0.1, 0.15) is 0 Å². The van der Waals surface area contributed by atoms with Crippen LogP contribution in [0.4, 0.5) is 0 Å². The van der Waals surface area contributed by atoms with Crippen LogP contribution in [0.5, 0.6) is 0 Å². The first kappa shape index (κ1) is 5.95. The van der Waals surface area contributed by atoms with E-state index in [0.717, 1.165) is 5.71 Å². The summed E-state index contributed by atoms with van der Waals surface area (Å²) in [6, 6.07) is 0. The lowest BCUT2D eigenvalue weighted by atomic mass is 10.1. The van der Waals surface area contributed by atoms with E-state index in [1.54, 1.807) is 13.1 Å². The van der Waals surface area contributed by atoms with Gasteiger partial charge in [0.05, 0.1) is 11.4 Å². The van der Waals surface area contributed by atoms with Crippen LogP contribution in [0.15, 0.2) is 29.3 Å². The predicted molar refractivity (Wildman–Crippen MR) is 39.4 cm³/mol. The molecule has 0 aromatic rings. The Hall–Kier alpha value is -1.18. The normalized spacial score (nSPS) is 21.4. The van der Waals surface area contributed by atoms with Gasteiger partial charge < -0.3 is 0 Å². The summed E-state index contributed by atoms with van der Waals surface area (Å²) in [5, 5.41) is 7.28. The van der Waals surface area contributed by atoms with E-state index in [1.165, 1.54) is 0 Å². The van der Waals surface area contributed by atoms with Gasteiger partial charge in [0.1, 0.15) is 0 Å². The van der Waals surface area contributed by atoms with Crippen molar-refractivity contribution in [2.45, 2.75) is 0 Å². The van der Waals surface area contributed by atoms with Crippen LogP contribution in [-0.2, 0) is 0 Å². The zero-order valence-electron chi connectivity index (χ0n) is 5.26. The van der Waals surface area contributed by atoms with Crippen LogP contribution >= 0.6 is 0 Å². The number of hydrogen-bond donors (Lipinski definition) is 1. The summed E-state index contributed by atoms with van der Waals surface area (Å²) in [6.45, 7) is 0. The predicted octanol–water partition coefficient (Wildman–Crippen LogP) is 1.20. The lowest BCUT2D eigenvalue weighted by Crippen LogP contribution is -2.08. The highest BCUT2D eigenvalue weighted by Gasteiger charge is 1.99. The molecule has 0 aliphatic heterocycles. The van der Waals surface area contributed by atoms with E-state index < -0.39 is 0 Å². The minimum Gasteiger partial charge on any atom is -0.299 e. The lowest BCUT2D eigenvalue weighted by Gasteiger charge is -1.98. The van der Waals surface area contributed by atoms with E-state index in [0.29, 0.717) is 5.71 Å². The van der Waals surface area contributed by atoms with Crippen molar-refractivity contribution < 1.29 is 0 Å². The molecular formula is C7H8N2. The third kappa shape index (κ3) is 1.13. The number of nitrogens with one attached hydrogen (secondary N) is 1. The minimum absolute atomic E-state index is 0.486. The quantitative estimate of drug-likeness (QED) is 0.466. The molecule has 0 atom stereocenters. The summed E-state index contributed by atoms with van der Waals surface area (Å²) >= 11 is 0. The third-order valence-corrected chi connectivity index (χ3v) is 1.14. The van der Waals surface area contributed by atoms with Gasteiger partial charge in [0, 0.05) is 7.05 Å². The molecule has 0 fully saturated rings. The molecule has 0 aromatic carbocycles. The topological polar surface area (TPSA) is 36.2 Å². The molecule has 0 saturated heterocycles. The van der Waals surface area contributed by atoms with Crippen molar-refractivity contribution in [3.05, 3.63) is 24.3 Å². The number of hydrogen-bond acceptors (Lipinski definition) is 2. The van der Waals surface area contributed by atoms with Gasteiger partial charge in [-0.2, -0.15) is 0 Å². The Morgan fingerprint density at radius 3 is 2.44 bits per heavy atom. The average Bonchev–Trinajstić information content (AvgIpc) is 1.89. The fourth-order valence-corrected chi connectivity index (χ4v) is 0.669. The smallest absolute Gasteiger partial charge is 0.0820 e. The molecular weight excluding hydrogens is 112 g/mol. The number of rotatable bonds is 0. The molecule has 1 aliphatic carbocycles. The minimum atomic E-state index is 0.486. The van der Waals surface area contributed by atoms with Crippen molar-refractivity contribution >= 4 is 11.4 Å². The van der Waals surface area contributed by atoms with Crippen molar-refractivity contribution in [2.75, 3.05) is 7.05 Å². The second-order valence-corrected chi connectivity index (χ2v) is 1.74. The largest absolute Gasteiger partial charge is 0.299 e. The Balaban J connectivity index is 2.91. The highest BCUT2D eigenvalue weighted by atomic mass is 14.7. The van der Waals surface area contributed by atoms with Gasteiger partial charge in [-0.05, 0) is 12.2 Å². The first-order valence-corrected chi connectivity index (χ1v) is 2.75. The van der Waals surface area contributed by atoms with Gasteiger partial charge >= 0.3 is 0 Å². The zero-order chi connectivity index (χ0) is 6.69. The molecule has 0 radical (unpaired) electrons. The molecule has 1 aliphatic rings. The summed E-state index contributed by atoms with van der Waals surface area (Å²) in [7, 11) is 1.69. The van der Waals surface area contributed by atoms with Gasteiger partial charge in [0.2, 0.25) is 0 Å². The van der Waals surface area contributed by atoms with Gasteiger partial charge in [-0.15, -0.1) is 0 Å². The molecule has 9 heavy (non-hydrogen) atoms. The summed E-state index contributed by atoms with van der Waals surface area (Å²) < 4.78 is 0. The highest BCUT2D eigenvalue weighted by Crippen LogP contribution is 1.94. The molecule has 0 heterocycles. The molecule has 1 rings (SSSR count). The first-order chi connectivity index (χ1) is 4.34. The van der Waals surface area contributed by atoms with Gasteiger partial charge in [-0.1, -0.05) is 12.2 Å². The summed E-state index contributed by atoms with van der Waals surface area (Å²) in [5.74, 6) is 0. The molecule has 2 heteroatoms. The van der Waals surface area contributed by atoms with Crippen LogP contribution in [0.2, 0.25) is 0 Å². The second kappa shape index (κ2) is 2.40. The van der Waals surface area contributed by atoms with Gasteiger partial charge in [-0.3, -0.25) is 10.4 Å². The molecule has 46 valence electrons. The molecule has 0 amide bonds. The molecule has 0 spiro atoms. The number of aliphatic imine (C=N–C) groups is 1. The number of allylic oxidation sites excluding steroid dienone is 4. The standard InChI is InChI=1S/C7H8N2/c1-9-7-5-3-2-4-6(7)8/h2-5,8H,1H3/b8-6?,9-7-. The highest BCUT2D eigenvalue weighted by molar-refractivity contribution is 6.49. The fourth-order valence-electron chi connectivity index (χ4n) is 0.669. The fraction of sp³-hybridized carbons (Fsp3) is 0.143. The van der Waals surface area contributed by atoms with Gasteiger partial charge in [-0.25, -0.2) is 0 Å². The zero-order valence-corrected chi connectivity index (χ0v) is 5.26. The van der Waals surface area contributed by atoms with Crippen LogP contribution < -0.4 is 0 Å². The second-order valence-electron chi connectivity index (χ2n) is 1.74. The molecule has 0 unspecified atom stereocenters. The van der Waals surface area contributed by atoms with E-state index in [-0.39, 0.29) is 0 Å². The Morgan fingerprint density at radius 2 is 2.00 bits per heavy atom. The molecule has 0 bridgehead atoms. The first-order valence-electron chi connectivity index (χ1n) is 2.75. The average molecular weight is 120 g/mol. The summed E-state index contributed by atoms with van der Waals surface area (Å²) in [5.41, 5.74) is 1.23. The maximum Gasteiger partial charge on any atom is 0.0820 e. The van der Waals surface area contributed by atoms with Crippen molar-refractivity contribution in [3.8, 4) is 0 Å². The molecule has 2 nitrogen and oxygen atoms in total. The van der Waals surface area contributed by atoms with Crippen LogP contribution in [-0.4, -0.2) is 18.5 Å². The number of nitrogens with zero attached hydrogens (tertiary/aromatic N) is 1. The van der Waals surface area contributed by atoms with Crippen molar-refractivity contribution in [1.29, 1.82) is 5.41 Å². The monoisotopic (exact) mass is 120 g/mol. The van der Waals surface area contributed by atoms with E-state index in [9.17, 15) is 0 Å². The maximum atomic E-state index is 7.28. The third-order valence-electron chi connectivity index (χ3n) is 1.14. The van der Waals surface area contributed by atoms with Crippen molar-refractivity contribution in [1.82, 2.24) is 0 Å². The molecule has 1 N–H and O–H groups in total. The maximum absolute atomic E-state index is 7.28. The van der Waals surface area contributed by atoms with Crippen molar-refractivity contribution in [2.24, 2.45) is 4.99 Å². The van der Waals surface area contributed by atoms with E-state index in [1.807, 2.05) is 18.2 Å². The van der Waals surface area contributed by atoms with E-state index in [2.05, 4.69) is 4.99 Å². The Labute approximate surface area is 54.1 Å². The van der Waals surface area contributed by atoms with E-state index in [4.69, 9.17) is 5.41 Å². The molecule has 0 saturated carbocycles. The van der Waals surface area contributed by atoms with E-state index >= 15 is 0 Å². The van der Waals surface area contributed by atoms with Crippen LogP contribution in [0.25, 0.3) is 0 Å². The Kier molecular flexibility index (Phi) is 1.58. The summed E-state index contributed by atoms with van der Waals surface area (Å²) in [6.07, 6.45) is 7.25. The molecule has 0 aromatic heterocycles. The van der Waals surface area contributed by atoms with Crippen molar-refractivity contribution in [3.63, 3.8) is 0 Å². The lowest BCUT2D eigenvalue weighted by molar-refractivity contribution is 1.44. The summed E-state index contributed by atoms with van der Waals surface area (Å²) in [4.78, 5) is 3.88. The Morgan fingerprint density at radius 1 is 1.33 bits per heavy atom. The van der Waals surface area contributed by atoms with Crippen LogP contribution in [0, 0.1) is 5.41 Å². The van der Waals surface area contributed by atoms with Gasteiger partial charge in [0.25, 0.3) is 0 Å². The van der Waals surface area contributed by atoms with Crippen LogP contribution in [0.3, 0.4) is 0 Å². The Bertz CT molecular complexity index is 209. The SMILES string of the molecule is C/N=C1/C=CC=CC1=N. The van der Waals surface area contributed by atoms with Gasteiger partial charge in [0.15, 0.2) is 0 Å².